The summed E-state index contributed by atoms with van der Waals surface area (Å²) in [5.74, 6) is -0.0192. The van der Waals surface area contributed by atoms with E-state index in [9.17, 15) is 4.79 Å². The maximum Gasteiger partial charge on any atom is 0.251 e. The summed E-state index contributed by atoms with van der Waals surface area (Å²) in [5.41, 5.74) is 2.00. The van der Waals surface area contributed by atoms with Crippen molar-refractivity contribution in [2.75, 3.05) is 0 Å². The molecule has 1 heterocycles. The summed E-state index contributed by atoms with van der Waals surface area (Å²) in [4.78, 5) is 14.3. The number of hydrogen-bond donors (Lipinski definition) is 1. The molecule has 88 valence electrons. The Kier molecular flexibility index (Phi) is 3.59. The molecule has 0 aliphatic carbocycles. The lowest BCUT2D eigenvalue weighted by Gasteiger charge is -2.02. The molecule has 2 rings (SSSR count). The third kappa shape index (κ3) is 2.94. The van der Waals surface area contributed by atoms with Gasteiger partial charge in [-0.15, -0.1) is 11.3 Å². The zero-order valence-electron chi connectivity index (χ0n) is 9.99. The molecule has 3 heteroatoms. The Balaban J connectivity index is 1.97. The number of rotatable bonds is 3. The van der Waals surface area contributed by atoms with Gasteiger partial charge in [0.1, 0.15) is 0 Å². The minimum Gasteiger partial charge on any atom is -0.347 e. The summed E-state index contributed by atoms with van der Waals surface area (Å²) in [6, 6.07) is 11.4. The van der Waals surface area contributed by atoms with Crippen molar-refractivity contribution < 1.29 is 4.79 Å². The molecule has 0 bridgehead atoms. The fourth-order valence-electron chi connectivity index (χ4n) is 1.60. The third-order valence-corrected chi connectivity index (χ3v) is 3.83. The van der Waals surface area contributed by atoms with Gasteiger partial charge in [0.2, 0.25) is 0 Å². The predicted octanol–water partition coefficient (Wildman–Crippen LogP) is 3.29. The van der Waals surface area contributed by atoms with Crippen molar-refractivity contribution in [1.29, 1.82) is 0 Å². The topological polar surface area (TPSA) is 29.1 Å². The highest BCUT2D eigenvalue weighted by atomic mass is 32.1. The molecular weight excluding hydrogens is 230 g/mol. The molecule has 0 saturated carbocycles. The van der Waals surface area contributed by atoms with E-state index in [1.807, 2.05) is 30.3 Å². The monoisotopic (exact) mass is 245 g/mol. The van der Waals surface area contributed by atoms with Gasteiger partial charge in [-0.3, -0.25) is 4.79 Å². The molecule has 1 N–H and O–H groups in total. The Morgan fingerprint density at radius 3 is 2.53 bits per heavy atom. The van der Waals surface area contributed by atoms with Gasteiger partial charge in [-0.25, -0.2) is 0 Å². The third-order valence-electron chi connectivity index (χ3n) is 2.68. The SMILES string of the molecule is Cc1cc(CNC(=O)c2ccccc2)sc1C. The van der Waals surface area contributed by atoms with Crippen LogP contribution in [0.2, 0.25) is 0 Å². The molecule has 0 spiro atoms. The maximum atomic E-state index is 11.8. The molecule has 0 atom stereocenters. The Bertz CT molecular complexity index is 497. The largest absolute Gasteiger partial charge is 0.347 e. The highest BCUT2D eigenvalue weighted by Gasteiger charge is 2.06. The minimum atomic E-state index is -0.0192. The van der Waals surface area contributed by atoms with Crippen molar-refractivity contribution in [3.8, 4) is 0 Å². The maximum absolute atomic E-state index is 11.8. The quantitative estimate of drug-likeness (QED) is 0.883. The summed E-state index contributed by atoms with van der Waals surface area (Å²) in [6.07, 6.45) is 0. The van der Waals surface area contributed by atoms with Crippen LogP contribution in [0, 0.1) is 13.8 Å². The summed E-state index contributed by atoms with van der Waals surface area (Å²) < 4.78 is 0. The van der Waals surface area contributed by atoms with Gasteiger partial charge < -0.3 is 5.32 Å². The fourth-order valence-corrected chi connectivity index (χ4v) is 2.59. The van der Waals surface area contributed by atoms with Crippen molar-refractivity contribution in [3.05, 3.63) is 57.3 Å². The second-order valence-electron chi connectivity index (χ2n) is 4.00. The average Bonchev–Trinajstić information content (AvgIpc) is 2.67. The Hall–Kier alpha value is -1.61. The van der Waals surface area contributed by atoms with E-state index in [0.29, 0.717) is 12.1 Å². The summed E-state index contributed by atoms with van der Waals surface area (Å²) in [7, 11) is 0. The highest BCUT2D eigenvalue weighted by molar-refractivity contribution is 7.12. The lowest BCUT2D eigenvalue weighted by molar-refractivity contribution is 0.0951. The first-order chi connectivity index (χ1) is 8.16. The van der Waals surface area contributed by atoms with Crippen LogP contribution >= 0.6 is 11.3 Å². The van der Waals surface area contributed by atoms with E-state index in [1.165, 1.54) is 15.3 Å². The van der Waals surface area contributed by atoms with Crippen molar-refractivity contribution in [3.63, 3.8) is 0 Å². The molecule has 1 amide bonds. The lowest BCUT2D eigenvalue weighted by atomic mass is 10.2. The fraction of sp³-hybridized carbons (Fsp3) is 0.214. The first-order valence-electron chi connectivity index (χ1n) is 5.56. The first-order valence-corrected chi connectivity index (χ1v) is 6.37. The summed E-state index contributed by atoms with van der Waals surface area (Å²) in [6.45, 7) is 4.80. The van der Waals surface area contributed by atoms with Crippen LogP contribution in [0.1, 0.15) is 25.7 Å². The lowest BCUT2D eigenvalue weighted by Crippen LogP contribution is -2.22. The van der Waals surface area contributed by atoms with E-state index >= 15 is 0 Å². The van der Waals surface area contributed by atoms with Crippen LogP contribution < -0.4 is 5.32 Å². The Labute approximate surface area is 105 Å². The van der Waals surface area contributed by atoms with Gasteiger partial charge in [0.15, 0.2) is 0 Å². The van der Waals surface area contributed by atoms with E-state index in [4.69, 9.17) is 0 Å². The van der Waals surface area contributed by atoms with Crippen LogP contribution in [0.25, 0.3) is 0 Å². The van der Waals surface area contributed by atoms with Gasteiger partial charge in [-0.1, -0.05) is 18.2 Å². The van der Waals surface area contributed by atoms with Crippen LogP contribution in [0.15, 0.2) is 36.4 Å². The number of carbonyl (C=O) groups excluding carboxylic acids is 1. The van der Waals surface area contributed by atoms with Gasteiger partial charge in [-0.05, 0) is 37.6 Å². The number of carbonyl (C=O) groups is 1. The second-order valence-corrected chi connectivity index (χ2v) is 5.34. The molecule has 0 radical (unpaired) electrons. The van der Waals surface area contributed by atoms with E-state index in [1.54, 1.807) is 11.3 Å². The van der Waals surface area contributed by atoms with Crippen molar-refractivity contribution in [1.82, 2.24) is 5.32 Å². The molecule has 0 unspecified atom stereocenters. The molecule has 0 aliphatic heterocycles. The number of nitrogens with one attached hydrogen (secondary N) is 1. The highest BCUT2D eigenvalue weighted by Crippen LogP contribution is 2.20. The van der Waals surface area contributed by atoms with E-state index in [0.717, 1.165) is 0 Å². The summed E-state index contributed by atoms with van der Waals surface area (Å²) in [5, 5.41) is 2.93. The molecule has 0 fully saturated rings. The van der Waals surface area contributed by atoms with Crippen LogP contribution in [-0.4, -0.2) is 5.91 Å². The van der Waals surface area contributed by atoms with E-state index in [2.05, 4.69) is 25.2 Å². The smallest absolute Gasteiger partial charge is 0.251 e. The predicted molar refractivity (Wildman–Crippen MR) is 71.4 cm³/mol. The standard InChI is InChI=1S/C14H15NOS/c1-10-8-13(17-11(10)2)9-15-14(16)12-6-4-3-5-7-12/h3-8H,9H2,1-2H3,(H,15,16). The van der Waals surface area contributed by atoms with Gasteiger partial charge in [-0.2, -0.15) is 0 Å². The molecule has 1 aromatic heterocycles. The summed E-state index contributed by atoms with van der Waals surface area (Å²) >= 11 is 1.74. The normalized spacial score (nSPS) is 10.2. The van der Waals surface area contributed by atoms with Crippen molar-refractivity contribution in [2.24, 2.45) is 0 Å². The molecule has 0 saturated heterocycles. The number of amides is 1. The molecule has 0 aliphatic rings. The number of hydrogen-bond acceptors (Lipinski definition) is 2. The second kappa shape index (κ2) is 5.15. The number of aryl methyl sites for hydroxylation is 2. The van der Waals surface area contributed by atoms with Crippen LogP contribution in [0.4, 0.5) is 0 Å². The van der Waals surface area contributed by atoms with Crippen LogP contribution in [0.5, 0.6) is 0 Å². The minimum absolute atomic E-state index is 0.0192. The van der Waals surface area contributed by atoms with Crippen LogP contribution in [-0.2, 0) is 6.54 Å². The first kappa shape index (κ1) is 11.9. The molecular formula is C14H15NOS. The van der Waals surface area contributed by atoms with Gasteiger partial charge in [0, 0.05) is 15.3 Å². The molecule has 2 aromatic rings. The number of thiophene rings is 1. The Morgan fingerprint density at radius 1 is 1.24 bits per heavy atom. The van der Waals surface area contributed by atoms with Crippen molar-refractivity contribution in [2.45, 2.75) is 20.4 Å². The zero-order valence-corrected chi connectivity index (χ0v) is 10.8. The van der Waals surface area contributed by atoms with Gasteiger partial charge in [0.25, 0.3) is 5.91 Å². The Morgan fingerprint density at radius 2 is 1.94 bits per heavy atom. The zero-order chi connectivity index (χ0) is 12.3. The van der Waals surface area contributed by atoms with E-state index in [-0.39, 0.29) is 5.91 Å². The molecule has 17 heavy (non-hydrogen) atoms. The molecule has 1 aromatic carbocycles. The van der Waals surface area contributed by atoms with Crippen LogP contribution in [0.3, 0.4) is 0 Å². The van der Waals surface area contributed by atoms with E-state index < -0.39 is 0 Å². The number of benzene rings is 1. The van der Waals surface area contributed by atoms with Gasteiger partial charge >= 0.3 is 0 Å². The average molecular weight is 245 g/mol. The molecule has 2 nitrogen and oxygen atoms in total. The van der Waals surface area contributed by atoms with Gasteiger partial charge in [0.05, 0.1) is 6.54 Å². The van der Waals surface area contributed by atoms with Crippen molar-refractivity contribution >= 4 is 17.2 Å².